The van der Waals surface area contributed by atoms with Crippen molar-refractivity contribution in [1.82, 2.24) is 4.72 Å². The number of hydrogen-bond donors (Lipinski definition) is 2. The largest absolute Gasteiger partial charge is 0.321 e. The maximum atomic E-state index is 12.1. The van der Waals surface area contributed by atoms with Crippen molar-refractivity contribution in [2.24, 2.45) is 0 Å². The van der Waals surface area contributed by atoms with Crippen molar-refractivity contribution < 1.29 is 4.79 Å². The zero-order chi connectivity index (χ0) is 13.1. The number of benzene rings is 2. The summed E-state index contributed by atoms with van der Waals surface area (Å²) >= 11 is 1.46. The number of rotatable bonds is 2. The predicted molar refractivity (Wildman–Crippen MR) is 78.5 cm³/mol. The molecule has 0 fully saturated rings. The van der Waals surface area contributed by atoms with Crippen molar-refractivity contribution in [3.05, 3.63) is 65.9 Å². The molecule has 0 atom stereocenters. The molecule has 2 N–H and O–H groups in total. The quantitative estimate of drug-likeness (QED) is 0.821. The molecule has 0 saturated heterocycles. The van der Waals surface area contributed by atoms with Crippen molar-refractivity contribution in [3.63, 3.8) is 0 Å². The van der Waals surface area contributed by atoms with Crippen molar-refractivity contribution in [3.8, 4) is 0 Å². The Morgan fingerprint density at radius 3 is 2.58 bits per heavy atom. The van der Waals surface area contributed by atoms with Gasteiger partial charge in [-0.25, -0.2) is 0 Å². The van der Waals surface area contributed by atoms with Crippen LogP contribution in [0.1, 0.15) is 5.56 Å². The zero-order valence-corrected chi connectivity index (χ0v) is 10.9. The summed E-state index contributed by atoms with van der Waals surface area (Å²) in [5.74, 6) is -0.131. The van der Waals surface area contributed by atoms with E-state index in [1.807, 2.05) is 60.7 Å². The van der Waals surface area contributed by atoms with Crippen molar-refractivity contribution >= 4 is 29.6 Å². The average molecular weight is 268 g/mol. The number of fused-ring (bicyclic) bond motifs is 1. The number of nitrogens with one attached hydrogen (secondary N) is 2. The number of para-hydroxylation sites is 1. The van der Waals surface area contributed by atoms with Crippen LogP contribution in [0.5, 0.6) is 0 Å². The highest BCUT2D eigenvalue weighted by Gasteiger charge is 2.15. The fraction of sp³-hybridized carbons (Fsp3) is 0. The van der Waals surface area contributed by atoms with E-state index in [2.05, 4.69) is 10.0 Å². The van der Waals surface area contributed by atoms with Crippen molar-refractivity contribution in [1.29, 1.82) is 0 Å². The standard InChI is InChI=1S/C15H12N2OS/c18-15(16-12-7-2-1-3-8-12)13-10-11-6-4-5-9-14(11)19-17-13/h1-10,17H,(H,16,18). The highest BCUT2D eigenvalue weighted by molar-refractivity contribution is 7.97. The molecule has 2 aromatic carbocycles. The van der Waals surface area contributed by atoms with Gasteiger partial charge in [0, 0.05) is 10.6 Å². The summed E-state index contributed by atoms with van der Waals surface area (Å²) in [4.78, 5) is 13.2. The van der Waals surface area contributed by atoms with Crippen LogP contribution >= 0.6 is 11.9 Å². The maximum Gasteiger partial charge on any atom is 0.272 e. The Morgan fingerprint density at radius 2 is 1.74 bits per heavy atom. The summed E-state index contributed by atoms with van der Waals surface area (Å²) in [5, 5.41) is 2.86. The van der Waals surface area contributed by atoms with Gasteiger partial charge in [0.2, 0.25) is 0 Å². The summed E-state index contributed by atoms with van der Waals surface area (Å²) in [6, 6.07) is 17.4. The Balaban J connectivity index is 1.80. The second kappa shape index (κ2) is 5.20. The van der Waals surface area contributed by atoms with E-state index >= 15 is 0 Å². The topological polar surface area (TPSA) is 41.1 Å². The van der Waals surface area contributed by atoms with Gasteiger partial charge in [-0.05, 0) is 41.8 Å². The van der Waals surface area contributed by atoms with E-state index in [4.69, 9.17) is 0 Å². The van der Waals surface area contributed by atoms with Gasteiger partial charge in [0.25, 0.3) is 5.91 Å². The number of carbonyl (C=O) groups is 1. The first kappa shape index (κ1) is 11.9. The highest BCUT2D eigenvalue weighted by Crippen LogP contribution is 2.27. The Hall–Kier alpha value is -2.20. The van der Waals surface area contributed by atoms with Gasteiger partial charge in [-0.1, -0.05) is 36.4 Å². The minimum atomic E-state index is -0.131. The minimum Gasteiger partial charge on any atom is -0.321 e. The molecule has 1 aliphatic rings. The lowest BCUT2D eigenvalue weighted by Crippen LogP contribution is -2.23. The highest BCUT2D eigenvalue weighted by atomic mass is 32.2. The molecule has 0 aromatic heterocycles. The van der Waals surface area contributed by atoms with Crippen LogP contribution in [0.4, 0.5) is 5.69 Å². The molecule has 19 heavy (non-hydrogen) atoms. The van der Waals surface area contributed by atoms with Gasteiger partial charge in [0.05, 0.1) is 0 Å². The molecule has 0 aliphatic carbocycles. The molecule has 0 spiro atoms. The molecular weight excluding hydrogens is 256 g/mol. The predicted octanol–water partition coefficient (Wildman–Crippen LogP) is 3.28. The Bertz CT molecular complexity index is 638. The van der Waals surface area contributed by atoms with E-state index in [1.54, 1.807) is 0 Å². The number of anilines is 1. The van der Waals surface area contributed by atoms with Crippen LogP contribution < -0.4 is 10.0 Å². The third kappa shape index (κ3) is 2.63. The van der Waals surface area contributed by atoms with Gasteiger partial charge in [-0.3, -0.25) is 4.79 Å². The lowest BCUT2D eigenvalue weighted by molar-refractivity contribution is -0.112. The molecule has 1 amide bonds. The normalized spacial score (nSPS) is 12.9. The number of hydrogen-bond acceptors (Lipinski definition) is 3. The maximum absolute atomic E-state index is 12.1. The summed E-state index contributed by atoms with van der Waals surface area (Å²) in [7, 11) is 0. The SMILES string of the molecule is O=C(Nc1ccccc1)C1=Cc2ccccc2SN1. The smallest absolute Gasteiger partial charge is 0.272 e. The van der Waals surface area contributed by atoms with Gasteiger partial charge in [-0.2, -0.15) is 0 Å². The molecule has 0 unspecified atom stereocenters. The summed E-state index contributed by atoms with van der Waals surface area (Å²) in [5.41, 5.74) is 2.41. The number of carbonyl (C=O) groups excluding carboxylic acids is 1. The Labute approximate surface area is 115 Å². The van der Waals surface area contributed by atoms with Gasteiger partial charge < -0.3 is 10.0 Å². The molecule has 3 nitrogen and oxygen atoms in total. The molecule has 0 radical (unpaired) electrons. The lowest BCUT2D eigenvalue weighted by Gasteiger charge is -2.17. The van der Waals surface area contributed by atoms with Gasteiger partial charge in [-0.15, -0.1) is 0 Å². The van der Waals surface area contributed by atoms with E-state index in [-0.39, 0.29) is 5.91 Å². The van der Waals surface area contributed by atoms with Crippen molar-refractivity contribution in [2.45, 2.75) is 4.90 Å². The molecule has 0 saturated carbocycles. The van der Waals surface area contributed by atoms with E-state index < -0.39 is 0 Å². The Kier molecular flexibility index (Phi) is 3.25. The van der Waals surface area contributed by atoms with E-state index in [0.29, 0.717) is 5.70 Å². The molecular formula is C15H12N2OS. The molecule has 0 bridgehead atoms. The van der Waals surface area contributed by atoms with Gasteiger partial charge >= 0.3 is 0 Å². The second-order valence-corrected chi connectivity index (χ2v) is 4.97. The fourth-order valence-electron chi connectivity index (χ4n) is 1.82. The minimum absolute atomic E-state index is 0.131. The van der Waals surface area contributed by atoms with E-state index in [1.165, 1.54) is 11.9 Å². The molecule has 3 rings (SSSR count). The van der Waals surface area contributed by atoms with E-state index in [9.17, 15) is 4.79 Å². The molecule has 2 aromatic rings. The summed E-state index contributed by atoms with van der Waals surface area (Å²) in [6.45, 7) is 0. The van der Waals surface area contributed by atoms with Crippen LogP contribution in [-0.4, -0.2) is 5.91 Å². The first-order chi connectivity index (χ1) is 9.33. The van der Waals surface area contributed by atoms with Crippen LogP contribution in [0.3, 0.4) is 0 Å². The molecule has 1 aliphatic heterocycles. The summed E-state index contributed by atoms with van der Waals surface area (Å²) in [6.07, 6.45) is 1.87. The molecule has 1 heterocycles. The van der Waals surface area contributed by atoms with Gasteiger partial charge in [0.15, 0.2) is 0 Å². The average Bonchev–Trinajstić information content (AvgIpc) is 2.48. The van der Waals surface area contributed by atoms with E-state index in [0.717, 1.165) is 16.1 Å². The number of amides is 1. The first-order valence-electron chi connectivity index (χ1n) is 5.93. The first-order valence-corrected chi connectivity index (χ1v) is 6.74. The summed E-state index contributed by atoms with van der Waals surface area (Å²) < 4.78 is 3.06. The lowest BCUT2D eigenvalue weighted by atomic mass is 10.2. The zero-order valence-electron chi connectivity index (χ0n) is 10.1. The second-order valence-electron chi connectivity index (χ2n) is 4.12. The van der Waals surface area contributed by atoms with Crippen LogP contribution in [0.15, 0.2) is 65.2 Å². The monoisotopic (exact) mass is 268 g/mol. The fourth-order valence-corrected chi connectivity index (χ4v) is 2.58. The molecule has 94 valence electrons. The van der Waals surface area contributed by atoms with Crippen LogP contribution in [0.25, 0.3) is 6.08 Å². The third-order valence-electron chi connectivity index (χ3n) is 2.77. The van der Waals surface area contributed by atoms with Crippen LogP contribution in [0, 0.1) is 0 Å². The van der Waals surface area contributed by atoms with Gasteiger partial charge in [0.1, 0.15) is 5.70 Å². The Morgan fingerprint density at radius 1 is 1.00 bits per heavy atom. The third-order valence-corrected chi connectivity index (χ3v) is 3.68. The molecule has 4 heteroatoms. The van der Waals surface area contributed by atoms with Crippen LogP contribution in [0.2, 0.25) is 0 Å². The van der Waals surface area contributed by atoms with Crippen molar-refractivity contribution in [2.75, 3.05) is 5.32 Å². The van der Waals surface area contributed by atoms with Crippen LogP contribution in [-0.2, 0) is 4.79 Å².